The Hall–Kier alpha value is -3.62. The summed E-state index contributed by atoms with van der Waals surface area (Å²) in [7, 11) is 0. The number of ether oxygens (including phenoxy) is 2. The molecule has 9 heteroatoms. The molecule has 29 heavy (non-hydrogen) atoms. The molecule has 2 N–H and O–H groups in total. The molecule has 1 heterocycles. The first-order chi connectivity index (χ1) is 13.8. The first-order valence-electron chi connectivity index (χ1n) is 8.90. The summed E-state index contributed by atoms with van der Waals surface area (Å²) in [4.78, 5) is 35.6. The monoisotopic (exact) mass is 401 g/mol. The van der Waals surface area contributed by atoms with Gasteiger partial charge in [-0.3, -0.25) is 14.5 Å². The van der Waals surface area contributed by atoms with Gasteiger partial charge in [0.1, 0.15) is 6.10 Å². The van der Waals surface area contributed by atoms with E-state index in [1.165, 1.54) is 36.9 Å². The van der Waals surface area contributed by atoms with Crippen LogP contribution in [0.4, 0.5) is 20.6 Å². The molecule has 0 unspecified atom stereocenters. The molecule has 2 aromatic rings. The van der Waals surface area contributed by atoms with Crippen LogP contribution in [0.1, 0.15) is 13.8 Å². The summed E-state index contributed by atoms with van der Waals surface area (Å²) in [5.74, 6) is -0.970. The van der Waals surface area contributed by atoms with Gasteiger partial charge in [-0.25, -0.2) is 9.18 Å². The van der Waals surface area contributed by atoms with Gasteiger partial charge in [0, 0.05) is 19.9 Å². The molecule has 1 aliphatic heterocycles. The van der Waals surface area contributed by atoms with E-state index in [2.05, 4.69) is 10.6 Å². The van der Waals surface area contributed by atoms with Crippen LogP contribution in [0.15, 0.2) is 42.5 Å². The van der Waals surface area contributed by atoms with E-state index in [1.54, 1.807) is 24.3 Å². The molecular formula is C20H20FN3O5. The van der Waals surface area contributed by atoms with Gasteiger partial charge >= 0.3 is 6.09 Å². The quantitative estimate of drug-likeness (QED) is 0.776. The fourth-order valence-corrected chi connectivity index (χ4v) is 2.80. The smallest absolute Gasteiger partial charge is 0.414 e. The number of cyclic esters (lactones) is 1. The van der Waals surface area contributed by atoms with Gasteiger partial charge < -0.3 is 20.1 Å². The first-order valence-corrected chi connectivity index (χ1v) is 8.90. The molecule has 2 aromatic carbocycles. The van der Waals surface area contributed by atoms with Crippen molar-refractivity contribution in [3.63, 3.8) is 0 Å². The van der Waals surface area contributed by atoms with Crippen LogP contribution in [-0.2, 0) is 14.3 Å². The maximum Gasteiger partial charge on any atom is 0.414 e. The second kappa shape index (κ2) is 8.59. The third-order valence-electron chi connectivity index (χ3n) is 4.10. The van der Waals surface area contributed by atoms with E-state index in [0.717, 1.165) is 0 Å². The Labute approximate surface area is 166 Å². The Kier molecular flexibility index (Phi) is 5.96. The molecule has 1 atom stereocenters. The lowest BCUT2D eigenvalue weighted by Crippen LogP contribution is -2.33. The lowest BCUT2D eigenvalue weighted by molar-refractivity contribution is -0.119. The predicted octanol–water partition coefficient (Wildman–Crippen LogP) is 3.04. The van der Waals surface area contributed by atoms with E-state index in [1.807, 2.05) is 0 Å². The van der Waals surface area contributed by atoms with Crippen molar-refractivity contribution in [2.75, 3.05) is 23.3 Å². The second-order valence-electron chi connectivity index (χ2n) is 6.45. The number of hydrogen-bond donors (Lipinski definition) is 2. The molecular weight excluding hydrogens is 381 g/mol. The third kappa shape index (κ3) is 5.01. The van der Waals surface area contributed by atoms with Crippen LogP contribution in [-0.4, -0.2) is 37.1 Å². The number of carbonyl (C=O) groups excluding carboxylic acids is 3. The molecule has 152 valence electrons. The van der Waals surface area contributed by atoms with E-state index in [0.29, 0.717) is 11.4 Å². The van der Waals surface area contributed by atoms with Gasteiger partial charge in [-0.2, -0.15) is 0 Å². The van der Waals surface area contributed by atoms with Gasteiger partial charge in [0.2, 0.25) is 11.8 Å². The van der Waals surface area contributed by atoms with Gasteiger partial charge in [-0.05, 0) is 24.3 Å². The van der Waals surface area contributed by atoms with Crippen molar-refractivity contribution in [1.82, 2.24) is 5.32 Å². The SMILES string of the molecule is CC(=O)NC[C@H]1CN(c2ccc(Oc3ccccc3NC(C)=O)c(F)c2)C(=O)O1. The van der Waals surface area contributed by atoms with Crippen molar-refractivity contribution in [2.24, 2.45) is 0 Å². The molecule has 3 amide bonds. The number of amides is 3. The van der Waals surface area contributed by atoms with Crippen LogP contribution >= 0.6 is 0 Å². The largest absolute Gasteiger partial charge is 0.452 e. The zero-order chi connectivity index (χ0) is 21.0. The number of benzene rings is 2. The maximum atomic E-state index is 14.6. The zero-order valence-electron chi connectivity index (χ0n) is 15.9. The highest BCUT2D eigenvalue weighted by Crippen LogP contribution is 2.33. The molecule has 0 aromatic heterocycles. The summed E-state index contributed by atoms with van der Waals surface area (Å²) in [5.41, 5.74) is 0.715. The lowest BCUT2D eigenvalue weighted by atomic mass is 10.2. The summed E-state index contributed by atoms with van der Waals surface area (Å²) in [6.07, 6.45) is -1.14. The Bertz CT molecular complexity index is 949. The molecule has 8 nitrogen and oxygen atoms in total. The number of carbonyl (C=O) groups is 3. The number of halogens is 1. The highest BCUT2D eigenvalue weighted by Gasteiger charge is 2.32. The van der Waals surface area contributed by atoms with E-state index < -0.39 is 18.0 Å². The normalized spacial score (nSPS) is 15.6. The molecule has 0 bridgehead atoms. The van der Waals surface area contributed by atoms with Crippen molar-refractivity contribution in [3.05, 3.63) is 48.3 Å². The van der Waals surface area contributed by atoms with Gasteiger partial charge in [0.25, 0.3) is 0 Å². The van der Waals surface area contributed by atoms with Crippen molar-refractivity contribution < 1.29 is 28.2 Å². The molecule has 0 radical (unpaired) electrons. The van der Waals surface area contributed by atoms with Crippen LogP contribution in [0.25, 0.3) is 0 Å². The highest BCUT2D eigenvalue weighted by atomic mass is 19.1. The summed E-state index contributed by atoms with van der Waals surface area (Å²) >= 11 is 0. The molecule has 1 fully saturated rings. The van der Waals surface area contributed by atoms with Gasteiger partial charge in [0.05, 0.1) is 24.5 Å². The maximum absolute atomic E-state index is 14.6. The van der Waals surface area contributed by atoms with Crippen LogP contribution < -0.4 is 20.3 Å². The van der Waals surface area contributed by atoms with E-state index in [-0.39, 0.29) is 36.4 Å². The molecule has 3 rings (SSSR count). The van der Waals surface area contributed by atoms with Gasteiger partial charge in [0.15, 0.2) is 17.3 Å². The minimum Gasteiger partial charge on any atom is -0.452 e. The van der Waals surface area contributed by atoms with Crippen LogP contribution in [0, 0.1) is 5.82 Å². The van der Waals surface area contributed by atoms with Crippen molar-refractivity contribution in [3.8, 4) is 11.5 Å². The van der Waals surface area contributed by atoms with Crippen LogP contribution in [0.2, 0.25) is 0 Å². The number of hydrogen-bond acceptors (Lipinski definition) is 5. The first kappa shape index (κ1) is 20.1. The Morgan fingerprint density at radius 2 is 1.93 bits per heavy atom. The average Bonchev–Trinajstić information content (AvgIpc) is 3.03. The molecule has 1 aliphatic rings. The van der Waals surface area contributed by atoms with E-state index in [4.69, 9.17) is 9.47 Å². The van der Waals surface area contributed by atoms with Crippen molar-refractivity contribution in [1.29, 1.82) is 0 Å². The third-order valence-corrected chi connectivity index (χ3v) is 4.10. The summed E-state index contributed by atoms with van der Waals surface area (Å²) in [6, 6.07) is 10.7. The standard InChI is InChI=1S/C20H20FN3O5/c1-12(25)22-10-15-11-24(20(27)28-15)14-7-8-18(16(21)9-14)29-19-6-4-3-5-17(19)23-13(2)26/h3-9,15H,10-11H2,1-2H3,(H,22,25)(H,23,26)/t15-/m0/s1. The summed E-state index contributed by atoms with van der Waals surface area (Å²) in [6.45, 7) is 3.10. The topological polar surface area (TPSA) is 97.0 Å². The minimum atomic E-state index is -0.682. The molecule has 0 aliphatic carbocycles. The molecule has 0 saturated carbocycles. The predicted molar refractivity (Wildman–Crippen MR) is 104 cm³/mol. The molecule has 0 spiro atoms. The number of nitrogens with zero attached hydrogens (tertiary/aromatic N) is 1. The summed E-state index contributed by atoms with van der Waals surface area (Å²) < 4.78 is 25.4. The Morgan fingerprint density at radius 1 is 1.17 bits per heavy atom. The van der Waals surface area contributed by atoms with Gasteiger partial charge in [-0.15, -0.1) is 0 Å². The van der Waals surface area contributed by atoms with E-state index in [9.17, 15) is 18.8 Å². The number of anilines is 2. The van der Waals surface area contributed by atoms with Gasteiger partial charge in [-0.1, -0.05) is 12.1 Å². The van der Waals surface area contributed by atoms with E-state index >= 15 is 0 Å². The fraction of sp³-hybridized carbons (Fsp3) is 0.250. The summed E-state index contributed by atoms with van der Waals surface area (Å²) in [5, 5.41) is 5.19. The molecule has 1 saturated heterocycles. The number of rotatable bonds is 6. The van der Waals surface area contributed by atoms with Crippen molar-refractivity contribution in [2.45, 2.75) is 20.0 Å². The number of para-hydroxylation sites is 2. The minimum absolute atomic E-state index is 0.0612. The zero-order valence-corrected chi connectivity index (χ0v) is 15.9. The van der Waals surface area contributed by atoms with Crippen LogP contribution in [0.3, 0.4) is 0 Å². The second-order valence-corrected chi connectivity index (χ2v) is 6.45. The van der Waals surface area contributed by atoms with Crippen LogP contribution in [0.5, 0.6) is 11.5 Å². The van der Waals surface area contributed by atoms with Crippen molar-refractivity contribution >= 4 is 29.3 Å². The Balaban J connectivity index is 1.74. The highest BCUT2D eigenvalue weighted by molar-refractivity contribution is 5.91. The lowest BCUT2D eigenvalue weighted by Gasteiger charge is -2.15. The Morgan fingerprint density at radius 3 is 2.62 bits per heavy atom. The average molecular weight is 401 g/mol. The fourth-order valence-electron chi connectivity index (χ4n) is 2.80. The number of nitrogens with one attached hydrogen (secondary N) is 2.